The molecule has 4 heteroatoms. The Kier molecular flexibility index (Phi) is 5.51. The summed E-state index contributed by atoms with van der Waals surface area (Å²) in [6, 6.07) is 18.1. The minimum Gasteiger partial charge on any atom is -0.490 e. The average Bonchev–Trinajstić information content (AvgIpc) is 2.60. The van der Waals surface area contributed by atoms with Crippen LogP contribution in [0.1, 0.15) is 24.0 Å². The molecule has 0 heterocycles. The van der Waals surface area contributed by atoms with E-state index in [1.54, 1.807) is 0 Å². The molecule has 128 valence electrons. The molecule has 0 aliphatic heterocycles. The summed E-state index contributed by atoms with van der Waals surface area (Å²) in [4.78, 5) is 0. The zero-order valence-corrected chi connectivity index (χ0v) is 13.6. The molecule has 1 aliphatic rings. The van der Waals surface area contributed by atoms with Gasteiger partial charge in [0.05, 0.1) is 12.2 Å². The molecular formula is C20H24O4. The van der Waals surface area contributed by atoms with Gasteiger partial charge in [-0.25, -0.2) is 0 Å². The van der Waals surface area contributed by atoms with Gasteiger partial charge in [0, 0.05) is 25.4 Å². The van der Waals surface area contributed by atoms with Gasteiger partial charge < -0.3 is 20.1 Å². The van der Waals surface area contributed by atoms with Crippen LogP contribution in [0.5, 0.6) is 5.75 Å². The molecule has 1 saturated carbocycles. The smallest absolute Gasteiger partial charge is 0.123 e. The molecule has 0 unspecified atom stereocenters. The highest BCUT2D eigenvalue weighted by Gasteiger charge is 2.36. The predicted molar refractivity (Wildman–Crippen MR) is 91.9 cm³/mol. The van der Waals surface area contributed by atoms with Gasteiger partial charge in [0.2, 0.25) is 0 Å². The van der Waals surface area contributed by atoms with Gasteiger partial charge in [-0.3, -0.25) is 0 Å². The molecule has 0 spiro atoms. The zero-order chi connectivity index (χ0) is 16.9. The largest absolute Gasteiger partial charge is 0.490 e. The van der Waals surface area contributed by atoms with E-state index >= 15 is 0 Å². The van der Waals surface area contributed by atoms with Crippen LogP contribution in [0.25, 0.3) is 0 Å². The number of hydrogen-bond acceptors (Lipinski definition) is 4. The number of ether oxygens (including phenoxy) is 1. The van der Waals surface area contributed by atoms with Gasteiger partial charge in [0.15, 0.2) is 0 Å². The SMILES string of the molecule is OC[C@H]1C[C@@H](Oc2ccccc2Cc2ccccc2)C[C@@H](O)[C@@H]1O. The van der Waals surface area contributed by atoms with Crippen molar-refractivity contribution in [1.29, 1.82) is 0 Å². The lowest BCUT2D eigenvalue weighted by atomic mass is 9.83. The van der Waals surface area contributed by atoms with E-state index in [1.165, 1.54) is 5.56 Å². The molecule has 1 fully saturated rings. The first-order chi connectivity index (χ1) is 11.7. The van der Waals surface area contributed by atoms with Gasteiger partial charge in [0.1, 0.15) is 11.9 Å². The maximum absolute atomic E-state index is 9.99. The van der Waals surface area contributed by atoms with E-state index in [4.69, 9.17) is 4.74 Å². The van der Waals surface area contributed by atoms with Crippen molar-refractivity contribution >= 4 is 0 Å². The van der Waals surface area contributed by atoms with Crippen LogP contribution >= 0.6 is 0 Å². The molecule has 3 N–H and O–H groups in total. The van der Waals surface area contributed by atoms with E-state index in [1.807, 2.05) is 42.5 Å². The highest BCUT2D eigenvalue weighted by molar-refractivity contribution is 5.37. The first kappa shape index (κ1) is 17.0. The van der Waals surface area contributed by atoms with Gasteiger partial charge in [-0.05, 0) is 23.6 Å². The summed E-state index contributed by atoms with van der Waals surface area (Å²) in [6.45, 7) is -0.149. The van der Waals surface area contributed by atoms with E-state index < -0.39 is 12.2 Å². The number of para-hydroxylation sites is 1. The lowest BCUT2D eigenvalue weighted by Crippen LogP contribution is -2.46. The molecule has 2 aromatic rings. The fourth-order valence-electron chi connectivity index (χ4n) is 3.34. The Morgan fingerprint density at radius 3 is 2.38 bits per heavy atom. The highest BCUT2D eigenvalue weighted by Crippen LogP contribution is 2.30. The molecule has 1 aliphatic carbocycles. The normalized spacial score (nSPS) is 27.0. The van der Waals surface area contributed by atoms with Crippen LogP contribution in [0, 0.1) is 5.92 Å². The third kappa shape index (κ3) is 3.96. The molecule has 24 heavy (non-hydrogen) atoms. The van der Waals surface area contributed by atoms with Crippen molar-refractivity contribution in [2.24, 2.45) is 5.92 Å². The summed E-state index contributed by atoms with van der Waals surface area (Å²) in [5.74, 6) is 0.451. The van der Waals surface area contributed by atoms with Crippen LogP contribution in [0.4, 0.5) is 0 Å². The second-order valence-corrected chi connectivity index (χ2v) is 6.48. The third-order valence-corrected chi connectivity index (χ3v) is 4.69. The molecule has 4 nitrogen and oxygen atoms in total. The van der Waals surface area contributed by atoms with Crippen molar-refractivity contribution in [3.8, 4) is 5.75 Å². The summed E-state index contributed by atoms with van der Waals surface area (Å²) in [5.41, 5.74) is 2.30. The van der Waals surface area contributed by atoms with Gasteiger partial charge >= 0.3 is 0 Å². The number of aliphatic hydroxyl groups is 3. The van der Waals surface area contributed by atoms with E-state index in [2.05, 4.69) is 12.1 Å². The Balaban J connectivity index is 1.73. The second-order valence-electron chi connectivity index (χ2n) is 6.48. The Morgan fingerprint density at radius 2 is 1.62 bits per heavy atom. The number of hydrogen-bond donors (Lipinski definition) is 3. The number of aliphatic hydroxyl groups excluding tert-OH is 3. The molecular weight excluding hydrogens is 304 g/mol. The molecule has 0 saturated heterocycles. The fraction of sp³-hybridized carbons (Fsp3) is 0.400. The molecule has 0 amide bonds. The average molecular weight is 328 g/mol. The summed E-state index contributed by atoms with van der Waals surface area (Å²) >= 11 is 0. The Bertz CT molecular complexity index is 643. The summed E-state index contributed by atoms with van der Waals surface area (Å²) in [5, 5.41) is 29.3. The Hall–Kier alpha value is -1.88. The lowest BCUT2D eigenvalue weighted by molar-refractivity contribution is -0.0892. The van der Waals surface area contributed by atoms with Crippen molar-refractivity contribution in [3.05, 3.63) is 65.7 Å². The predicted octanol–water partition coefficient (Wildman–Crippen LogP) is 2.15. The van der Waals surface area contributed by atoms with Crippen LogP contribution < -0.4 is 4.74 Å². The second kappa shape index (κ2) is 7.79. The van der Waals surface area contributed by atoms with Crippen molar-refractivity contribution < 1.29 is 20.1 Å². The standard InChI is InChI=1S/C20H24O4/c21-13-16-11-17(12-18(22)20(16)23)24-19-9-5-4-8-15(19)10-14-6-2-1-3-7-14/h1-9,16-18,20-23H,10-13H2/t16-,17-,18-,20-/m1/s1. The van der Waals surface area contributed by atoms with E-state index in [-0.39, 0.29) is 18.6 Å². The topological polar surface area (TPSA) is 69.9 Å². The maximum atomic E-state index is 9.99. The molecule has 4 atom stereocenters. The van der Waals surface area contributed by atoms with Crippen LogP contribution in [0.3, 0.4) is 0 Å². The van der Waals surface area contributed by atoms with Gasteiger partial charge in [-0.2, -0.15) is 0 Å². The maximum Gasteiger partial charge on any atom is 0.123 e. The van der Waals surface area contributed by atoms with Crippen molar-refractivity contribution in [2.75, 3.05) is 6.61 Å². The van der Waals surface area contributed by atoms with E-state index in [0.29, 0.717) is 12.8 Å². The van der Waals surface area contributed by atoms with E-state index in [9.17, 15) is 15.3 Å². The molecule has 0 aromatic heterocycles. The van der Waals surface area contributed by atoms with E-state index in [0.717, 1.165) is 17.7 Å². The molecule has 2 aromatic carbocycles. The quantitative estimate of drug-likeness (QED) is 0.786. The first-order valence-electron chi connectivity index (χ1n) is 8.43. The highest BCUT2D eigenvalue weighted by atomic mass is 16.5. The van der Waals surface area contributed by atoms with Crippen LogP contribution in [0.15, 0.2) is 54.6 Å². The molecule has 3 rings (SSSR count). The minimum atomic E-state index is -0.880. The Morgan fingerprint density at radius 1 is 0.917 bits per heavy atom. The summed E-state index contributed by atoms with van der Waals surface area (Å²) in [7, 11) is 0. The monoisotopic (exact) mass is 328 g/mol. The van der Waals surface area contributed by atoms with Crippen LogP contribution in [-0.4, -0.2) is 40.2 Å². The van der Waals surface area contributed by atoms with Crippen LogP contribution in [0.2, 0.25) is 0 Å². The van der Waals surface area contributed by atoms with Gasteiger partial charge in [-0.1, -0.05) is 48.5 Å². The third-order valence-electron chi connectivity index (χ3n) is 4.69. The van der Waals surface area contributed by atoms with Gasteiger partial charge in [-0.15, -0.1) is 0 Å². The van der Waals surface area contributed by atoms with Crippen molar-refractivity contribution in [2.45, 2.75) is 37.6 Å². The lowest BCUT2D eigenvalue weighted by Gasteiger charge is -2.36. The van der Waals surface area contributed by atoms with Crippen molar-refractivity contribution in [1.82, 2.24) is 0 Å². The molecule has 0 radical (unpaired) electrons. The minimum absolute atomic E-state index is 0.149. The summed E-state index contributed by atoms with van der Waals surface area (Å²) in [6.07, 6.45) is -0.265. The number of rotatable bonds is 5. The van der Waals surface area contributed by atoms with Crippen molar-refractivity contribution in [3.63, 3.8) is 0 Å². The van der Waals surface area contributed by atoms with Crippen LogP contribution in [-0.2, 0) is 6.42 Å². The Labute approximate surface area is 142 Å². The fourth-order valence-corrected chi connectivity index (χ4v) is 3.34. The molecule has 0 bridgehead atoms. The first-order valence-corrected chi connectivity index (χ1v) is 8.43. The van der Waals surface area contributed by atoms with Gasteiger partial charge in [0.25, 0.3) is 0 Å². The zero-order valence-electron chi connectivity index (χ0n) is 13.6. The summed E-state index contributed by atoms with van der Waals surface area (Å²) < 4.78 is 6.13. The number of benzene rings is 2.